The van der Waals surface area contributed by atoms with E-state index in [1.165, 1.54) is 19.3 Å². The number of aromatic nitrogens is 6. The van der Waals surface area contributed by atoms with E-state index in [4.69, 9.17) is 0 Å². The van der Waals surface area contributed by atoms with Crippen LogP contribution in [0, 0.1) is 0 Å². The average Bonchev–Trinajstić information content (AvgIpc) is 3.18. The second-order valence-corrected chi connectivity index (χ2v) is 9.89. The molecular formula is C23H30N8O. The second-order valence-electron chi connectivity index (χ2n) is 9.89. The minimum atomic E-state index is 0.0740. The van der Waals surface area contributed by atoms with Crippen molar-refractivity contribution in [3.8, 4) is 28.5 Å². The molecule has 168 valence electrons. The number of piperidine rings is 2. The molecule has 9 heteroatoms. The Kier molecular flexibility index (Phi) is 4.88. The summed E-state index contributed by atoms with van der Waals surface area (Å²) in [5, 5.41) is 27.5. The Labute approximate surface area is 187 Å². The third kappa shape index (κ3) is 3.81. The highest BCUT2D eigenvalue weighted by atomic mass is 16.3. The molecule has 2 N–H and O–H groups in total. The van der Waals surface area contributed by atoms with Crippen LogP contribution >= 0.6 is 0 Å². The molecule has 4 heterocycles. The van der Waals surface area contributed by atoms with Crippen LogP contribution in [-0.4, -0.2) is 59.2 Å². The van der Waals surface area contributed by atoms with Gasteiger partial charge in [0.2, 0.25) is 0 Å². The van der Waals surface area contributed by atoms with Crippen molar-refractivity contribution in [1.82, 2.24) is 35.3 Å². The van der Waals surface area contributed by atoms with Gasteiger partial charge in [0.25, 0.3) is 0 Å². The number of rotatable bonds is 4. The number of phenols is 1. The fraction of sp³-hybridized carbons (Fsp3) is 0.522. The number of phenolic OH excluding ortho intramolecular Hbond substituents is 1. The van der Waals surface area contributed by atoms with Crippen molar-refractivity contribution in [1.29, 1.82) is 0 Å². The molecule has 2 fully saturated rings. The third-order valence-electron chi connectivity index (χ3n) is 6.99. The number of benzene rings is 1. The van der Waals surface area contributed by atoms with Crippen molar-refractivity contribution in [2.24, 2.45) is 7.05 Å². The topological polar surface area (TPSA) is 105 Å². The summed E-state index contributed by atoms with van der Waals surface area (Å²) in [5.74, 6) is 1.77. The first-order valence-electron chi connectivity index (χ1n) is 11.1. The molecule has 3 aromatic rings. The predicted octanol–water partition coefficient (Wildman–Crippen LogP) is 2.93. The highest BCUT2D eigenvalue weighted by molar-refractivity contribution is 5.70. The van der Waals surface area contributed by atoms with Crippen LogP contribution in [-0.2, 0) is 7.05 Å². The van der Waals surface area contributed by atoms with Gasteiger partial charge in [-0.1, -0.05) is 6.07 Å². The van der Waals surface area contributed by atoms with Gasteiger partial charge >= 0.3 is 0 Å². The number of aromatic hydroxyl groups is 1. The van der Waals surface area contributed by atoms with E-state index in [9.17, 15) is 5.11 Å². The van der Waals surface area contributed by atoms with Gasteiger partial charge in [0, 0.05) is 36.8 Å². The summed E-state index contributed by atoms with van der Waals surface area (Å²) in [7, 11) is 3.88. The quantitative estimate of drug-likeness (QED) is 0.646. The first-order chi connectivity index (χ1) is 15.2. The van der Waals surface area contributed by atoms with Gasteiger partial charge in [-0.05, 0) is 58.1 Å². The molecule has 1 unspecified atom stereocenters. The Morgan fingerprint density at radius 2 is 1.84 bits per heavy atom. The number of hydrogen-bond donors (Lipinski definition) is 2. The van der Waals surface area contributed by atoms with Crippen LogP contribution in [0.3, 0.4) is 0 Å². The molecule has 2 aliphatic heterocycles. The Balaban J connectivity index is 1.35. The smallest absolute Gasteiger partial charge is 0.185 e. The molecule has 0 spiro atoms. The van der Waals surface area contributed by atoms with E-state index in [2.05, 4.69) is 56.4 Å². The van der Waals surface area contributed by atoms with Crippen LogP contribution in [0.25, 0.3) is 22.8 Å². The minimum absolute atomic E-state index is 0.0740. The Morgan fingerprint density at radius 3 is 2.44 bits per heavy atom. The predicted molar refractivity (Wildman–Crippen MR) is 122 cm³/mol. The number of nitrogens with one attached hydrogen (secondary N) is 1. The van der Waals surface area contributed by atoms with Crippen molar-refractivity contribution in [2.45, 2.75) is 63.1 Å². The minimum Gasteiger partial charge on any atom is -0.507 e. The van der Waals surface area contributed by atoms with E-state index in [1.54, 1.807) is 36.4 Å². The Hall–Kier alpha value is -3.07. The van der Waals surface area contributed by atoms with Gasteiger partial charge in [0.05, 0.1) is 11.8 Å². The maximum Gasteiger partial charge on any atom is 0.185 e. The molecule has 2 aliphatic rings. The summed E-state index contributed by atoms with van der Waals surface area (Å²) in [6.07, 6.45) is 9.22. The maximum atomic E-state index is 10.6. The molecule has 9 nitrogen and oxygen atoms in total. The largest absolute Gasteiger partial charge is 0.507 e. The molecular weight excluding hydrogens is 404 g/mol. The first kappa shape index (κ1) is 20.8. The summed E-state index contributed by atoms with van der Waals surface area (Å²) >= 11 is 0. The third-order valence-corrected chi connectivity index (χ3v) is 6.99. The monoisotopic (exact) mass is 434 g/mol. The van der Waals surface area contributed by atoms with E-state index >= 15 is 0 Å². The fourth-order valence-electron chi connectivity index (χ4n) is 5.49. The lowest BCUT2D eigenvalue weighted by molar-refractivity contribution is 0.0784. The van der Waals surface area contributed by atoms with Gasteiger partial charge in [-0.25, -0.2) is 9.97 Å². The van der Waals surface area contributed by atoms with Crippen LogP contribution in [0.4, 0.5) is 5.82 Å². The molecule has 0 saturated carbocycles. The molecule has 2 saturated heterocycles. The van der Waals surface area contributed by atoms with Crippen molar-refractivity contribution in [3.05, 3.63) is 30.7 Å². The number of nitrogens with zero attached hydrogens (tertiary/aromatic N) is 7. The van der Waals surface area contributed by atoms with E-state index in [0.29, 0.717) is 23.3 Å². The van der Waals surface area contributed by atoms with Crippen LogP contribution in [0.15, 0.2) is 30.7 Å². The molecule has 1 aromatic carbocycles. The van der Waals surface area contributed by atoms with Gasteiger partial charge < -0.3 is 15.3 Å². The lowest BCUT2D eigenvalue weighted by Gasteiger charge is -2.55. The normalized spacial score (nSPS) is 27.3. The molecule has 3 atom stereocenters. The van der Waals surface area contributed by atoms with Crippen LogP contribution in [0.5, 0.6) is 5.75 Å². The first-order valence-corrected chi connectivity index (χ1v) is 11.1. The van der Waals surface area contributed by atoms with Gasteiger partial charge in [0.15, 0.2) is 17.5 Å². The highest BCUT2D eigenvalue weighted by Crippen LogP contribution is 2.41. The number of fused-ring (bicyclic) bond motifs is 2. The highest BCUT2D eigenvalue weighted by Gasteiger charge is 2.46. The van der Waals surface area contributed by atoms with Crippen LogP contribution in [0.1, 0.15) is 46.0 Å². The lowest BCUT2D eigenvalue weighted by Crippen LogP contribution is -2.66. The molecule has 32 heavy (non-hydrogen) atoms. The second kappa shape index (κ2) is 7.51. The molecule has 2 bridgehead atoms. The van der Waals surface area contributed by atoms with Crippen molar-refractivity contribution in [3.63, 3.8) is 0 Å². The molecule has 0 aliphatic carbocycles. The van der Waals surface area contributed by atoms with Gasteiger partial charge in [-0.3, -0.25) is 4.68 Å². The van der Waals surface area contributed by atoms with Gasteiger partial charge in [-0.2, -0.15) is 5.10 Å². The van der Waals surface area contributed by atoms with E-state index < -0.39 is 0 Å². The lowest BCUT2D eigenvalue weighted by atomic mass is 9.69. The van der Waals surface area contributed by atoms with Gasteiger partial charge in [-0.15, -0.1) is 10.2 Å². The van der Waals surface area contributed by atoms with Crippen molar-refractivity contribution in [2.75, 3.05) is 11.9 Å². The summed E-state index contributed by atoms with van der Waals surface area (Å²) in [6, 6.07) is 5.63. The van der Waals surface area contributed by atoms with Crippen molar-refractivity contribution >= 4 is 5.82 Å². The SMILES string of the molecule is CN(c1cnc(-c2ccc(-c3ncn(C)n3)cc2O)nn1)C1C[C@]2(C)CCC[C@](C)(C1)N2. The standard InChI is InChI=1S/C23H30N8O/c1-22-8-5-9-23(2,29-22)12-16(11-22)31(4)19-13-24-21(27-26-19)17-7-6-15(10-18(17)32)20-25-14-30(3)28-20/h6-7,10,13-14,16,29,32H,5,8-9,11-12H2,1-4H3/t16?,22-,23+. The Bertz CT molecular complexity index is 1110. The molecule has 5 rings (SSSR count). The van der Waals surface area contributed by atoms with Crippen LogP contribution in [0.2, 0.25) is 0 Å². The number of anilines is 1. The summed E-state index contributed by atoms with van der Waals surface area (Å²) in [4.78, 5) is 10.9. The molecule has 0 amide bonds. The van der Waals surface area contributed by atoms with E-state index in [1.807, 2.05) is 6.07 Å². The zero-order valence-electron chi connectivity index (χ0n) is 19.1. The van der Waals surface area contributed by atoms with E-state index in [0.717, 1.165) is 24.2 Å². The van der Waals surface area contributed by atoms with Gasteiger partial charge in [0.1, 0.15) is 12.1 Å². The summed E-state index contributed by atoms with van der Waals surface area (Å²) < 4.78 is 1.62. The number of hydrogen-bond acceptors (Lipinski definition) is 8. The fourth-order valence-corrected chi connectivity index (χ4v) is 5.49. The van der Waals surface area contributed by atoms with Crippen molar-refractivity contribution < 1.29 is 5.11 Å². The van der Waals surface area contributed by atoms with E-state index in [-0.39, 0.29) is 16.8 Å². The maximum absolute atomic E-state index is 10.6. The summed E-state index contributed by atoms with van der Waals surface area (Å²) in [5.41, 5.74) is 1.60. The zero-order valence-corrected chi connectivity index (χ0v) is 19.1. The number of aryl methyl sites for hydroxylation is 1. The zero-order chi connectivity index (χ0) is 22.5. The molecule has 2 aromatic heterocycles. The summed E-state index contributed by atoms with van der Waals surface area (Å²) in [6.45, 7) is 4.68. The molecule has 0 radical (unpaired) electrons. The Morgan fingerprint density at radius 1 is 1.09 bits per heavy atom. The van der Waals surface area contributed by atoms with Crippen LogP contribution < -0.4 is 10.2 Å². The average molecular weight is 435 g/mol.